The Morgan fingerprint density at radius 2 is 2.10 bits per heavy atom. The Morgan fingerprint density at radius 1 is 1.29 bits per heavy atom. The van der Waals surface area contributed by atoms with Crippen LogP contribution in [0.2, 0.25) is 0 Å². The van der Waals surface area contributed by atoms with Crippen LogP contribution < -0.4 is 10.1 Å². The van der Waals surface area contributed by atoms with E-state index < -0.39 is 5.97 Å². The van der Waals surface area contributed by atoms with Crippen molar-refractivity contribution >= 4 is 5.97 Å². The third kappa shape index (κ3) is 2.76. The Kier molecular flexibility index (Phi) is 3.62. The fraction of sp³-hybridized carbons (Fsp3) is 0.235. The van der Waals surface area contributed by atoms with Crippen LogP contribution in [0.5, 0.6) is 5.75 Å². The third-order valence-electron chi connectivity index (χ3n) is 3.82. The quantitative estimate of drug-likeness (QED) is 0.889. The van der Waals surface area contributed by atoms with Crippen molar-refractivity contribution < 1.29 is 14.6 Å². The first-order valence-corrected chi connectivity index (χ1v) is 6.93. The van der Waals surface area contributed by atoms with Gasteiger partial charge in [-0.25, -0.2) is 4.79 Å². The molecule has 2 aromatic rings. The molecule has 4 nitrogen and oxygen atoms in total. The lowest BCUT2D eigenvalue weighted by Gasteiger charge is -2.17. The fourth-order valence-electron chi connectivity index (χ4n) is 2.61. The molecule has 4 heteroatoms. The van der Waals surface area contributed by atoms with Crippen LogP contribution in [0.15, 0.2) is 42.5 Å². The number of carbonyl (C=O) groups is 1. The molecule has 0 aromatic heterocycles. The number of aryl methyl sites for hydroxylation is 1. The van der Waals surface area contributed by atoms with Crippen LogP contribution >= 0.6 is 0 Å². The summed E-state index contributed by atoms with van der Waals surface area (Å²) in [5.74, 6) is -0.285. The second-order valence-electron chi connectivity index (χ2n) is 5.23. The molecule has 0 aliphatic carbocycles. The van der Waals surface area contributed by atoms with Gasteiger partial charge >= 0.3 is 5.97 Å². The molecule has 0 spiro atoms. The lowest BCUT2D eigenvalue weighted by atomic mass is 10.0. The minimum atomic E-state index is -0.936. The Hall–Kier alpha value is -2.33. The molecular formula is C17H17NO3. The largest absolute Gasteiger partial charge is 0.491 e. The summed E-state index contributed by atoms with van der Waals surface area (Å²) in [6.07, 6.45) is 0. The Balaban J connectivity index is 1.85. The number of rotatable bonds is 2. The van der Waals surface area contributed by atoms with E-state index in [0.717, 1.165) is 5.56 Å². The molecule has 0 saturated heterocycles. The lowest BCUT2D eigenvalue weighted by Crippen LogP contribution is -2.24. The summed E-state index contributed by atoms with van der Waals surface area (Å²) >= 11 is 0. The summed E-state index contributed by atoms with van der Waals surface area (Å²) in [6.45, 7) is 3.23. The van der Waals surface area contributed by atoms with Crippen molar-refractivity contribution in [2.45, 2.75) is 19.5 Å². The number of ether oxygens (including phenoxy) is 1. The van der Waals surface area contributed by atoms with Crippen molar-refractivity contribution in [1.29, 1.82) is 0 Å². The summed E-state index contributed by atoms with van der Waals surface area (Å²) in [6, 6.07) is 13.3. The predicted octanol–water partition coefficient (Wildman–Crippen LogP) is 2.92. The molecule has 1 heterocycles. The van der Waals surface area contributed by atoms with Crippen LogP contribution in [0.25, 0.3) is 0 Å². The first kappa shape index (κ1) is 13.6. The van der Waals surface area contributed by atoms with Crippen LogP contribution in [0, 0.1) is 6.92 Å². The van der Waals surface area contributed by atoms with E-state index in [2.05, 4.69) is 24.4 Å². The second-order valence-corrected chi connectivity index (χ2v) is 5.23. The van der Waals surface area contributed by atoms with Gasteiger partial charge in [0, 0.05) is 12.1 Å². The Labute approximate surface area is 123 Å². The molecule has 2 aromatic carbocycles. The van der Waals surface area contributed by atoms with Gasteiger partial charge in [0.1, 0.15) is 12.4 Å². The zero-order valence-electron chi connectivity index (χ0n) is 11.8. The first-order chi connectivity index (χ1) is 10.1. The Bertz CT molecular complexity index is 681. The van der Waals surface area contributed by atoms with Crippen LogP contribution in [-0.4, -0.2) is 17.7 Å². The maximum Gasteiger partial charge on any atom is 0.335 e. The van der Waals surface area contributed by atoms with Gasteiger partial charge in [-0.05, 0) is 30.2 Å². The minimum absolute atomic E-state index is 0.104. The monoisotopic (exact) mass is 283 g/mol. The van der Waals surface area contributed by atoms with Crippen LogP contribution in [0.3, 0.4) is 0 Å². The molecule has 0 fully saturated rings. The average Bonchev–Trinajstić information content (AvgIpc) is 2.69. The normalized spacial score (nSPS) is 17.5. The van der Waals surface area contributed by atoms with Gasteiger partial charge in [-0.3, -0.25) is 0 Å². The molecule has 0 bridgehead atoms. The van der Waals surface area contributed by atoms with Crippen LogP contribution in [-0.2, 0) is 6.54 Å². The highest BCUT2D eigenvalue weighted by atomic mass is 16.5. The molecule has 21 heavy (non-hydrogen) atoms. The van der Waals surface area contributed by atoms with Gasteiger partial charge in [0.25, 0.3) is 0 Å². The Morgan fingerprint density at radius 3 is 2.86 bits per heavy atom. The average molecular weight is 283 g/mol. The topological polar surface area (TPSA) is 58.6 Å². The van der Waals surface area contributed by atoms with Gasteiger partial charge < -0.3 is 15.2 Å². The fourth-order valence-corrected chi connectivity index (χ4v) is 2.61. The number of hydrogen-bond acceptors (Lipinski definition) is 3. The molecule has 1 aliphatic rings. The molecule has 3 rings (SSSR count). The second kappa shape index (κ2) is 5.58. The summed E-state index contributed by atoms with van der Waals surface area (Å²) in [7, 11) is 0. The van der Waals surface area contributed by atoms with Crippen molar-refractivity contribution in [2.24, 2.45) is 0 Å². The van der Waals surface area contributed by atoms with E-state index in [1.165, 1.54) is 11.1 Å². The molecule has 1 unspecified atom stereocenters. The highest BCUT2D eigenvalue weighted by molar-refractivity contribution is 5.88. The van der Waals surface area contributed by atoms with Crippen LogP contribution in [0.1, 0.15) is 33.1 Å². The molecule has 1 aliphatic heterocycles. The number of fused-ring (bicyclic) bond motifs is 1. The van der Waals surface area contributed by atoms with Gasteiger partial charge in [-0.1, -0.05) is 30.3 Å². The van der Waals surface area contributed by atoms with E-state index in [0.29, 0.717) is 18.9 Å². The van der Waals surface area contributed by atoms with Crippen molar-refractivity contribution in [3.63, 3.8) is 0 Å². The van der Waals surface area contributed by atoms with E-state index in [4.69, 9.17) is 9.84 Å². The van der Waals surface area contributed by atoms with E-state index >= 15 is 0 Å². The third-order valence-corrected chi connectivity index (χ3v) is 3.82. The van der Waals surface area contributed by atoms with Gasteiger partial charge in [-0.2, -0.15) is 0 Å². The van der Waals surface area contributed by atoms with E-state index in [1.807, 2.05) is 18.2 Å². The summed E-state index contributed by atoms with van der Waals surface area (Å²) < 4.78 is 5.84. The molecule has 0 saturated carbocycles. The van der Waals surface area contributed by atoms with Crippen LogP contribution in [0.4, 0.5) is 0 Å². The zero-order valence-corrected chi connectivity index (χ0v) is 11.8. The van der Waals surface area contributed by atoms with Crippen molar-refractivity contribution in [3.05, 3.63) is 64.7 Å². The number of hydrogen-bond donors (Lipinski definition) is 2. The zero-order chi connectivity index (χ0) is 14.8. The number of nitrogens with one attached hydrogen (secondary N) is 1. The smallest absolute Gasteiger partial charge is 0.335 e. The molecule has 0 radical (unpaired) electrons. The molecule has 108 valence electrons. The number of aromatic carboxylic acids is 1. The van der Waals surface area contributed by atoms with Gasteiger partial charge in [0.15, 0.2) is 0 Å². The maximum atomic E-state index is 11.0. The highest BCUT2D eigenvalue weighted by Crippen LogP contribution is 2.27. The maximum absolute atomic E-state index is 11.0. The predicted molar refractivity (Wildman–Crippen MR) is 79.7 cm³/mol. The van der Waals surface area contributed by atoms with Gasteiger partial charge in [-0.15, -0.1) is 0 Å². The SMILES string of the molecule is Cc1ccccc1C1COc2cc(C(=O)O)ccc2CN1. The summed E-state index contributed by atoms with van der Waals surface area (Å²) in [5, 5.41) is 12.5. The van der Waals surface area contributed by atoms with Crippen molar-refractivity contribution in [2.75, 3.05) is 6.61 Å². The molecule has 0 amide bonds. The van der Waals surface area contributed by atoms with Gasteiger partial charge in [0.05, 0.1) is 11.6 Å². The molecule has 1 atom stereocenters. The van der Waals surface area contributed by atoms with Gasteiger partial charge in [0.2, 0.25) is 0 Å². The number of benzene rings is 2. The number of carboxylic acids is 1. The summed E-state index contributed by atoms with van der Waals surface area (Å²) in [4.78, 5) is 11.0. The summed E-state index contributed by atoms with van der Waals surface area (Å²) in [5.41, 5.74) is 3.67. The van der Waals surface area contributed by atoms with Crippen molar-refractivity contribution in [3.8, 4) is 5.75 Å². The number of carboxylic acid groups (broad SMARTS) is 1. The highest BCUT2D eigenvalue weighted by Gasteiger charge is 2.20. The first-order valence-electron chi connectivity index (χ1n) is 6.93. The van der Waals surface area contributed by atoms with E-state index in [9.17, 15) is 4.79 Å². The lowest BCUT2D eigenvalue weighted by molar-refractivity contribution is 0.0696. The molecular weight excluding hydrogens is 266 g/mol. The van der Waals surface area contributed by atoms with E-state index in [1.54, 1.807) is 12.1 Å². The van der Waals surface area contributed by atoms with E-state index in [-0.39, 0.29) is 11.6 Å². The standard InChI is InChI=1S/C17H17NO3/c1-11-4-2-3-5-14(11)15-10-21-16-8-12(17(19)20)6-7-13(16)9-18-15/h2-8,15,18H,9-10H2,1H3,(H,19,20). The minimum Gasteiger partial charge on any atom is -0.491 e. The van der Waals surface area contributed by atoms with Crippen molar-refractivity contribution in [1.82, 2.24) is 5.32 Å². The molecule has 2 N–H and O–H groups in total.